The number of hydrogen-bond donors (Lipinski definition) is 1. The van der Waals surface area contributed by atoms with Gasteiger partial charge in [-0.2, -0.15) is 4.31 Å². The van der Waals surface area contributed by atoms with Crippen molar-refractivity contribution in [2.24, 2.45) is 5.92 Å². The molecule has 1 aromatic carbocycles. The Labute approximate surface area is 189 Å². The van der Waals surface area contributed by atoms with Crippen LogP contribution in [-0.2, 0) is 19.6 Å². The van der Waals surface area contributed by atoms with Crippen LogP contribution >= 0.6 is 11.6 Å². The molecule has 1 aliphatic carbocycles. The molecule has 1 unspecified atom stereocenters. The summed E-state index contributed by atoms with van der Waals surface area (Å²) in [6.07, 6.45) is 8.20. The van der Waals surface area contributed by atoms with Gasteiger partial charge < -0.3 is 10.2 Å². The van der Waals surface area contributed by atoms with Crippen molar-refractivity contribution in [1.82, 2.24) is 9.21 Å². The zero-order chi connectivity index (χ0) is 22.0. The Morgan fingerprint density at radius 3 is 2.35 bits per heavy atom. The van der Waals surface area contributed by atoms with Crippen molar-refractivity contribution in [2.75, 3.05) is 25.0 Å². The van der Waals surface area contributed by atoms with E-state index in [2.05, 4.69) is 5.32 Å². The Hall–Kier alpha value is -1.64. The molecule has 0 aromatic heterocycles. The minimum atomic E-state index is -3.70. The Morgan fingerprint density at radius 2 is 1.65 bits per heavy atom. The van der Waals surface area contributed by atoms with Crippen LogP contribution in [0.25, 0.3) is 0 Å². The van der Waals surface area contributed by atoms with Gasteiger partial charge in [0, 0.05) is 31.2 Å². The van der Waals surface area contributed by atoms with Crippen LogP contribution in [0.3, 0.4) is 0 Å². The number of carbonyl (C=O) groups is 2. The molecule has 170 valence electrons. The van der Waals surface area contributed by atoms with Gasteiger partial charge in [0.2, 0.25) is 21.8 Å². The highest BCUT2D eigenvalue weighted by atomic mass is 35.5. The smallest absolute Gasteiger partial charge is 0.247 e. The largest absolute Gasteiger partial charge is 0.330 e. The van der Waals surface area contributed by atoms with Crippen molar-refractivity contribution in [2.45, 2.75) is 68.7 Å². The molecule has 31 heavy (non-hydrogen) atoms. The normalized spacial score (nSPS) is 23.3. The Kier molecular flexibility index (Phi) is 6.89. The topological polar surface area (TPSA) is 86.8 Å². The highest BCUT2D eigenvalue weighted by Crippen LogP contribution is 2.31. The predicted octanol–water partition coefficient (Wildman–Crippen LogP) is 3.63. The molecule has 9 heteroatoms. The first-order chi connectivity index (χ1) is 14.9. The molecular weight excluding hydrogens is 438 g/mol. The van der Waals surface area contributed by atoms with E-state index in [0.717, 1.165) is 44.9 Å². The first kappa shape index (κ1) is 22.6. The number of halogens is 1. The second-order valence-electron chi connectivity index (χ2n) is 8.77. The van der Waals surface area contributed by atoms with Gasteiger partial charge in [0.15, 0.2) is 0 Å². The highest BCUT2D eigenvalue weighted by molar-refractivity contribution is 7.89. The van der Waals surface area contributed by atoms with E-state index in [1.807, 2.05) is 0 Å². The number of hydrogen-bond acceptors (Lipinski definition) is 4. The van der Waals surface area contributed by atoms with Crippen LogP contribution < -0.4 is 5.32 Å². The fourth-order valence-electron chi connectivity index (χ4n) is 4.96. The number of likely N-dealkylation sites (tertiary alicyclic amines) is 1. The average molecular weight is 468 g/mol. The summed E-state index contributed by atoms with van der Waals surface area (Å²) in [4.78, 5) is 27.7. The fourth-order valence-corrected chi connectivity index (χ4v) is 6.98. The molecule has 2 saturated heterocycles. The Balaban J connectivity index is 1.48. The maximum absolute atomic E-state index is 13.0. The van der Waals surface area contributed by atoms with Crippen LogP contribution in [0.1, 0.15) is 57.8 Å². The lowest BCUT2D eigenvalue weighted by Gasteiger charge is -2.30. The summed E-state index contributed by atoms with van der Waals surface area (Å²) in [6.45, 7) is 1.56. The standard InChI is InChI=1S/C22H30ClN3O4S/c23-18-11-10-17(15-20(18)31(29,30)25-12-4-5-13-25)24-21(27)19-9-6-14-26(19)22(28)16-7-2-1-3-8-16/h10-11,15-16,19H,1-9,12-14H2,(H,24,27). The molecule has 1 atom stereocenters. The minimum absolute atomic E-state index is 0.00965. The number of carbonyl (C=O) groups excluding carboxylic acids is 2. The first-order valence-corrected chi connectivity index (χ1v) is 13.1. The SMILES string of the molecule is O=C(Nc1ccc(Cl)c(S(=O)(=O)N2CCCC2)c1)C1CCCN1C(=O)C1CCCCC1. The molecule has 7 nitrogen and oxygen atoms in total. The molecule has 0 radical (unpaired) electrons. The number of benzene rings is 1. The molecule has 1 saturated carbocycles. The number of rotatable bonds is 5. The van der Waals surface area contributed by atoms with E-state index < -0.39 is 16.1 Å². The molecule has 3 aliphatic rings. The molecule has 2 amide bonds. The van der Waals surface area contributed by atoms with E-state index in [1.54, 1.807) is 11.0 Å². The van der Waals surface area contributed by atoms with E-state index in [0.29, 0.717) is 31.7 Å². The first-order valence-electron chi connectivity index (χ1n) is 11.3. The van der Waals surface area contributed by atoms with Crippen LogP contribution in [0.4, 0.5) is 5.69 Å². The van der Waals surface area contributed by atoms with Gasteiger partial charge in [-0.1, -0.05) is 30.9 Å². The molecule has 2 aliphatic heterocycles. The van der Waals surface area contributed by atoms with E-state index >= 15 is 0 Å². The monoisotopic (exact) mass is 467 g/mol. The molecule has 1 N–H and O–H groups in total. The third-order valence-corrected chi connectivity index (χ3v) is 9.05. The second-order valence-corrected chi connectivity index (χ2v) is 11.1. The van der Waals surface area contributed by atoms with Gasteiger partial charge in [0.25, 0.3) is 0 Å². The van der Waals surface area contributed by atoms with Crippen molar-refractivity contribution < 1.29 is 18.0 Å². The van der Waals surface area contributed by atoms with E-state index in [9.17, 15) is 18.0 Å². The molecule has 3 fully saturated rings. The summed E-state index contributed by atoms with van der Waals surface area (Å²) >= 11 is 6.20. The summed E-state index contributed by atoms with van der Waals surface area (Å²) in [5.41, 5.74) is 0.379. The Bertz CT molecular complexity index is 940. The summed E-state index contributed by atoms with van der Waals surface area (Å²) < 4.78 is 27.3. The highest BCUT2D eigenvalue weighted by Gasteiger charge is 2.37. The quantitative estimate of drug-likeness (QED) is 0.716. The third kappa shape index (κ3) is 4.76. The Morgan fingerprint density at radius 1 is 0.935 bits per heavy atom. The molecule has 0 bridgehead atoms. The third-order valence-electron chi connectivity index (χ3n) is 6.67. The summed E-state index contributed by atoms with van der Waals surface area (Å²) in [5.74, 6) is -0.158. The van der Waals surface area contributed by atoms with E-state index in [-0.39, 0.29) is 27.7 Å². The lowest BCUT2D eigenvalue weighted by Crippen LogP contribution is -2.46. The number of amides is 2. The van der Waals surface area contributed by atoms with Crippen molar-refractivity contribution in [1.29, 1.82) is 0 Å². The molecule has 1 aromatic rings. The lowest BCUT2D eigenvalue weighted by molar-refractivity contribution is -0.141. The number of nitrogens with one attached hydrogen (secondary N) is 1. The number of anilines is 1. The van der Waals surface area contributed by atoms with Gasteiger partial charge in [-0.05, 0) is 56.7 Å². The van der Waals surface area contributed by atoms with Crippen LogP contribution in [0, 0.1) is 5.92 Å². The van der Waals surface area contributed by atoms with E-state index in [4.69, 9.17) is 11.6 Å². The van der Waals surface area contributed by atoms with Gasteiger partial charge >= 0.3 is 0 Å². The maximum atomic E-state index is 13.0. The number of sulfonamides is 1. The van der Waals surface area contributed by atoms with Gasteiger partial charge in [0.05, 0.1) is 5.02 Å². The minimum Gasteiger partial charge on any atom is -0.330 e. The van der Waals surface area contributed by atoms with Crippen LogP contribution in [-0.4, -0.2) is 55.1 Å². The molecule has 2 heterocycles. The maximum Gasteiger partial charge on any atom is 0.247 e. The summed E-state index contributed by atoms with van der Waals surface area (Å²) in [6, 6.07) is 4.02. The fraction of sp³-hybridized carbons (Fsp3) is 0.636. The molecule has 0 spiro atoms. The molecular formula is C22H30ClN3O4S. The van der Waals surface area contributed by atoms with Gasteiger partial charge in [0.1, 0.15) is 10.9 Å². The van der Waals surface area contributed by atoms with Crippen molar-refractivity contribution in [3.05, 3.63) is 23.2 Å². The summed E-state index contributed by atoms with van der Waals surface area (Å²) in [7, 11) is -3.70. The second kappa shape index (κ2) is 9.46. The average Bonchev–Trinajstić information content (AvgIpc) is 3.47. The summed E-state index contributed by atoms with van der Waals surface area (Å²) in [5, 5.41) is 2.97. The van der Waals surface area contributed by atoms with Gasteiger partial charge in [-0.3, -0.25) is 9.59 Å². The van der Waals surface area contributed by atoms with Crippen molar-refractivity contribution >= 4 is 39.1 Å². The lowest BCUT2D eigenvalue weighted by atomic mass is 9.88. The molecule has 4 rings (SSSR count). The number of nitrogens with zero attached hydrogens (tertiary/aromatic N) is 2. The van der Waals surface area contributed by atoms with Crippen LogP contribution in [0.5, 0.6) is 0 Å². The predicted molar refractivity (Wildman–Crippen MR) is 119 cm³/mol. The zero-order valence-electron chi connectivity index (χ0n) is 17.7. The van der Waals surface area contributed by atoms with Crippen LogP contribution in [0.15, 0.2) is 23.1 Å². The van der Waals surface area contributed by atoms with Gasteiger partial charge in [-0.25, -0.2) is 8.42 Å². The zero-order valence-corrected chi connectivity index (χ0v) is 19.3. The van der Waals surface area contributed by atoms with Crippen molar-refractivity contribution in [3.8, 4) is 0 Å². The van der Waals surface area contributed by atoms with E-state index in [1.165, 1.54) is 22.9 Å². The van der Waals surface area contributed by atoms with Crippen LogP contribution in [0.2, 0.25) is 5.02 Å². The van der Waals surface area contributed by atoms with Crippen molar-refractivity contribution in [3.63, 3.8) is 0 Å². The van der Waals surface area contributed by atoms with Gasteiger partial charge in [-0.15, -0.1) is 0 Å².